The van der Waals surface area contributed by atoms with Crippen LogP contribution < -0.4 is 10.1 Å². The first-order valence-electron chi connectivity index (χ1n) is 12.4. The molecule has 220 valence electrons. The van der Waals surface area contributed by atoms with Crippen molar-refractivity contribution in [2.45, 2.75) is 69.1 Å². The van der Waals surface area contributed by atoms with Crippen LogP contribution in [0.4, 0.5) is 4.79 Å². The van der Waals surface area contributed by atoms with Crippen LogP contribution in [0.3, 0.4) is 0 Å². The molecule has 1 fully saturated rings. The van der Waals surface area contributed by atoms with E-state index in [0.717, 1.165) is 0 Å². The van der Waals surface area contributed by atoms with Crippen molar-refractivity contribution in [3.05, 3.63) is 40.5 Å². The molecule has 0 spiro atoms. The maximum atomic E-state index is 14.0. The number of rotatable bonds is 9. The number of amides is 2. The highest BCUT2D eigenvalue weighted by Gasteiger charge is 2.47. The van der Waals surface area contributed by atoms with Crippen molar-refractivity contribution < 1.29 is 32.3 Å². The topological polar surface area (TPSA) is 151 Å². The van der Waals surface area contributed by atoms with Gasteiger partial charge in [-0.1, -0.05) is 17.7 Å². The van der Waals surface area contributed by atoms with Gasteiger partial charge in [0, 0.05) is 37.4 Å². The van der Waals surface area contributed by atoms with Gasteiger partial charge in [-0.3, -0.25) is 15.2 Å². The van der Waals surface area contributed by atoms with Crippen LogP contribution in [-0.4, -0.2) is 88.7 Å². The number of carbonyl (C=O) groups is 3. The zero-order valence-corrected chi connectivity index (χ0v) is 25.7. The SMILES string of the molecule is Cc1cn[nH]c1S(=O)(=O)N(C(=O)[C@H]1NC(C)(C)CS1)[C@@H](Cc1ccc(OC(=O)N(C)C)c(Cl)c1)C(=O)OC(C)C. The Morgan fingerprint density at radius 3 is 2.42 bits per heavy atom. The van der Waals surface area contributed by atoms with E-state index in [9.17, 15) is 22.8 Å². The third-order valence-electron chi connectivity index (χ3n) is 5.77. The molecule has 0 aliphatic carbocycles. The number of sulfonamides is 1. The first kappa shape index (κ1) is 31.7. The quantitative estimate of drug-likeness (QED) is 0.403. The second-order valence-corrected chi connectivity index (χ2v) is 13.7. The average Bonchev–Trinajstić information content (AvgIpc) is 3.44. The molecule has 1 aromatic heterocycles. The lowest BCUT2D eigenvalue weighted by atomic mass is 10.1. The number of aryl methyl sites for hydroxylation is 1. The molecule has 3 rings (SSSR count). The number of hydrogen-bond donors (Lipinski definition) is 2. The van der Waals surface area contributed by atoms with Crippen molar-refractivity contribution in [1.82, 2.24) is 24.7 Å². The Labute approximate surface area is 243 Å². The standard InChI is InChI=1S/C25H34ClN5O7S2/c1-14(2)37-23(33)18(11-16-8-9-19(17(26)10-16)38-24(34)30(6)7)31(22(32)20-28-25(4,5)13-39-20)40(35,36)21-15(3)12-27-29-21/h8-10,12,14,18,20,28H,11,13H2,1-7H3,(H,27,29)/t18-,20-/m0/s1. The molecule has 40 heavy (non-hydrogen) atoms. The molecule has 2 heterocycles. The average molecular weight is 616 g/mol. The number of nitrogens with one attached hydrogen (secondary N) is 2. The van der Waals surface area contributed by atoms with Gasteiger partial charge >= 0.3 is 12.1 Å². The minimum absolute atomic E-state index is 0.0589. The molecule has 2 N–H and O–H groups in total. The third kappa shape index (κ3) is 7.28. The van der Waals surface area contributed by atoms with Crippen molar-refractivity contribution in [2.75, 3.05) is 19.8 Å². The van der Waals surface area contributed by atoms with E-state index in [1.54, 1.807) is 13.8 Å². The van der Waals surface area contributed by atoms with Gasteiger partial charge in [0.05, 0.1) is 17.3 Å². The summed E-state index contributed by atoms with van der Waals surface area (Å²) in [5.41, 5.74) is 0.240. The Hall–Kier alpha value is -2.81. The highest BCUT2D eigenvalue weighted by atomic mass is 35.5. The smallest absolute Gasteiger partial charge is 0.414 e. The number of halogens is 1. The molecule has 12 nitrogen and oxygen atoms in total. The molecular weight excluding hydrogens is 582 g/mol. The van der Waals surface area contributed by atoms with Crippen molar-refractivity contribution in [3.8, 4) is 5.75 Å². The molecule has 2 atom stereocenters. The Morgan fingerprint density at radius 1 is 1.25 bits per heavy atom. The lowest BCUT2D eigenvalue weighted by Crippen LogP contribution is -2.56. The van der Waals surface area contributed by atoms with Crippen molar-refractivity contribution >= 4 is 51.4 Å². The summed E-state index contributed by atoms with van der Waals surface area (Å²) in [6, 6.07) is 2.82. The van der Waals surface area contributed by atoms with Gasteiger partial charge in [-0.25, -0.2) is 13.9 Å². The van der Waals surface area contributed by atoms with Crippen LogP contribution in [0.1, 0.15) is 38.8 Å². The summed E-state index contributed by atoms with van der Waals surface area (Å²) in [5, 5.41) is 8.21. The Balaban J connectivity index is 2.09. The number of carbonyl (C=O) groups excluding carboxylic acids is 3. The van der Waals surface area contributed by atoms with Crippen LogP contribution in [0.15, 0.2) is 29.4 Å². The molecule has 2 aromatic rings. The lowest BCUT2D eigenvalue weighted by Gasteiger charge is -2.32. The predicted octanol–water partition coefficient (Wildman–Crippen LogP) is 2.95. The number of benzene rings is 1. The summed E-state index contributed by atoms with van der Waals surface area (Å²) < 4.78 is 39.3. The van der Waals surface area contributed by atoms with E-state index in [1.165, 1.54) is 62.1 Å². The number of nitrogens with zero attached hydrogens (tertiary/aromatic N) is 3. The Bertz CT molecular complexity index is 1380. The van der Waals surface area contributed by atoms with E-state index in [-0.39, 0.29) is 27.8 Å². The fourth-order valence-electron chi connectivity index (χ4n) is 3.85. The second kappa shape index (κ2) is 12.4. The molecule has 1 aromatic carbocycles. The van der Waals surface area contributed by atoms with E-state index >= 15 is 0 Å². The molecule has 0 radical (unpaired) electrons. The Morgan fingerprint density at radius 2 is 1.93 bits per heavy atom. The summed E-state index contributed by atoms with van der Waals surface area (Å²) in [7, 11) is -1.57. The molecule has 0 unspecified atom stereocenters. The molecule has 1 saturated heterocycles. The van der Waals surface area contributed by atoms with Crippen LogP contribution in [0.2, 0.25) is 5.02 Å². The van der Waals surface area contributed by atoms with Crippen LogP contribution in [-0.2, 0) is 30.8 Å². The number of aromatic amines is 1. The minimum atomic E-state index is -4.60. The monoisotopic (exact) mass is 615 g/mol. The first-order chi connectivity index (χ1) is 18.5. The van der Waals surface area contributed by atoms with Gasteiger partial charge in [0.2, 0.25) is 0 Å². The number of hydrogen-bond acceptors (Lipinski definition) is 10. The van der Waals surface area contributed by atoms with Gasteiger partial charge in [-0.2, -0.15) is 13.5 Å². The fourth-order valence-corrected chi connectivity index (χ4v) is 7.14. The summed E-state index contributed by atoms with van der Waals surface area (Å²) in [4.78, 5) is 40.6. The summed E-state index contributed by atoms with van der Waals surface area (Å²) >= 11 is 7.60. The van der Waals surface area contributed by atoms with Gasteiger partial charge in [0.25, 0.3) is 15.9 Å². The predicted molar refractivity (Wildman–Crippen MR) is 151 cm³/mol. The van der Waals surface area contributed by atoms with E-state index in [0.29, 0.717) is 15.6 Å². The molecule has 15 heteroatoms. The van der Waals surface area contributed by atoms with Gasteiger partial charge in [0.1, 0.15) is 11.4 Å². The molecule has 1 aliphatic rings. The molecule has 1 aliphatic heterocycles. The fraction of sp³-hybridized carbons (Fsp3) is 0.520. The molecule has 2 amide bonds. The number of ether oxygens (including phenoxy) is 2. The molecule has 0 bridgehead atoms. The zero-order valence-electron chi connectivity index (χ0n) is 23.3. The highest BCUT2D eigenvalue weighted by Crippen LogP contribution is 2.32. The third-order valence-corrected chi connectivity index (χ3v) is 9.49. The Kier molecular flexibility index (Phi) is 9.81. The van der Waals surface area contributed by atoms with Crippen LogP contribution in [0.5, 0.6) is 5.75 Å². The second-order valence-electron chi connectivity index (χ2n) is 10.5. The van der Waals surface area contributed by atoms with Crippen LogP contribution in [0.25, 0.3) is 0 Å². The normalized spacial score (nSPS) is 17.4. The first-order valence-corrected chi connectivity index (χ1v) is 15.3. The lowest BCUT2D eigenvalue weighted by molar-refractivity contribution is -0.155. The number of thioether (sulfide) groups is 1. The maximum Gasteiger partial charge on any atom is 0.414 e. The van der Waals surface area contributed by atoms with Crippen molar-refractivity contribution in [1.29, 1.82) is 0 Å². The zero-order chi connectivity index (χ0) is 30.0. The number of esters is 1. The minimum Gasteiger partial charge on any atom is -0.461 e. The van der Waals surface area contributed by atoms with Gasteiger partial charge in [-0.15, -0.1) is 11.8 Å². The number of aromatic nitrogens is 2. The number of H-pyrrole nitrogens is 1. The summed E-state index contributed by atoms with van der Waals surface area (Å²) in [5.74, 6) is -1.11. The summed E-state index contributed by atoms with van der Waals surface area (Å²) in [6.07, 6.45) is -0.171. The van der Waals surface area contributed by atoms with Crippen LogP contribution >= 0.6 is 23.4 Å². The maximum absolute atomic E-state index is 14.0. The highest BCUT2D eigenvalue weighted by molar-refractivity contribution is 8.01. The van der Waals surface area contributed by atoms with Crippen molar-refractivity contribution in [3.63, 3.8) is 0 Å². The van der Waals surface area contributed by atoms with E-state index in [1.807, 2.05) is 13.8 Å². The van der Waals surface area contributed by atoms with Crippen LogP contribution in [0, 0.1) is 6.92 Å². The van der Waals surface area contributed by atoms with E-state index in [4.69, 9.17) is 21.1 Å². The van der Waals surface area contributed by atoms with Gasteiger partial charge < -0.3 is 14.4 Å². The largest absolute Gasteiger partial charge is 0.461 e. The molecular formula is C25H34ClN5O7S2. The van der Waals surface area contributed by atoms with E-state index < -0.39 is 51.1 Å². The van der Waals surface area contributed by atoms with E-state index in [2.05, 4.69) is 15.5 Å². The van der Waals surface area contributed by atoms with Crippen molar-refractivity contribution in [2.24, 2.45) is 0 Å². The molecule has 0 saturated carbocycles. The van der Waals surface area contributed by atoms with Gasteiger partial charge in [0.15, 0.2) is 10.8 Å². The summed E-state index contributed by atoms with van der Waals surface area (Å²) in [6.45, 7) is 8.55. The van der Waals surface area contributed by atoms with Gasteiger partial charge in [-0.05, 0) is 52.3 Å².